The Morgan fingerprint density at radius 2 is 1.91 bits per heavy atom. The number of nitrogens with one attached hydrogen (secondary N) is 3. The van der Waals surface area contributed by atoms with Crippen LogP contribution in [0.4, 0.5) is 18.9 Å². The van der Waals surface area contributed by atoms with Crippen molar-refractivity contribution in [2.24, 2.45) is 0 Å². The lowest BCUT2D eigenvalue weighted by molar-refractivity contribution is -0.140. The van der Waals surface area contributed by atoms with Crippen LogP contribution in [-0.4, -0.2) is 21.1 Å². The number of H-pyrrole nitrogens is 2. The second kappa shape index (κ2) is 5.27. The summed E-state index contributed by atoms with van der Waals surface area (Å²) < 4.78 is 38.0. The Morgan fingerprint density at radius 3 is 2.57 bits per heavy atom. The van der Waals surface area contributed by atoms with E-state index in [0.29, 0.717) is 16.6 Å². The lowest BCUT2D eigenvalue weighted by atomic mass is 10.2. The van der Waals surface area contributed by atoms with Crippen molar-refractivity contribution in [3.05, 3.63) is 58.1 Å². The number of carbonyl (C=O) groups is 1. The van der Waals surface area contributed by atoms with Gasteiger partial charge in [-0.2, -0.15) is 18.3 Å². The Balaban J connectivity index is 1.87. The van der Waals surface area contributed by atoms with E-state index in [-0.39, 0.29) is 5.69 Å². The number of aromatic amines is 2. The Labute approximate surface area is 126 Å². The molecule has 0 aliphatic heterocycles. The summed E-state index contributed by atoms with van der Waals surface area (Å²) in [7, 11) is 0. The van der Waals surface area contributed by atoms with Gasteiger partial charge in [-0.3, -0.25) is 9.59 Å². The molecule has 118 valence electrons. The molecule has 0 aliphatic carbocycles. The molecule has 0 bridgehead atoms. The number of halogens is 3. The highest BCUT2D eigenvalue weighted by Crippen LogP contribution is 2.31. The Kier molecular flexibility index (Phi) is 3.40. The van der Waals surface area contributed by atoms with Crippen LogP contribution in [0, 0.1) is 0 Å². The Bertz CT molecular complexity index is 923. The molecule has 0 saturated carbocycles. The summed E-state index contributed by atoms with van der Waals surface area (Å²) in [6.07, 6.45) is -4.47. The third kappa shape index (κ3) is 3.07. The number of benzene rings is 1. The summed E-state index contributed by atoms with van der Waals surface area (Å²) in [4.78, 5) is 25.1. The van der Waals surface area contributed by atoms with Crippen molar-refractivity contribution in [3.8, 4) is 0 Å². The number of nitrogens with zero attached hydrogens (tertiary/aromatic N) is 1. The van der Waals surface area contributed by atoms with E-state index in [4.69, 9.17) is 0 Å². The van der Waals surface area contributed by atoms with Crippen LogP contribution in [0.2, 0.25) is 0 Å². The Morgan fingerprint density at radius 1 is 1.13 bits per heavy atom. The van der Waals surface area contributed by atoms with Crippen LogP contribution in [-0.2, 0) is 6.18 Å². The first-order valence-corrected chi connectivity index (χ1v) is 6.40. The lowest BCUT2D eigenvalue weighted by Crippen LogP contribution is -2.17. The summed E-state index contributed by atoms with van der Waals surface area (Å²) in [6, 6.07) is 7.65. The van der Waals surface area contributed by atoms with Gasteiger partial charge >= 0.3 is 6.18 Å². The van der Waals surface area contributed by atoms with Crippen molar-refractivity contribution in [1.29, 1.82) is 0 Å². The minimum absolute atomic E-state index is 0.0188. The second-order valence-electron chi connectivity index (χ2n) is 4.74. The molecule has 23 heavy (non-hydrogen) atoms. The van der Waals surface area contributed by atoms with E-state index in [1.807, 2.05) is 0 Å². The molecular weight excluding hydrogens is 313 g/mol. The fourth-order valence-electron chi connectivity index (χ4n) is 2.03. The van der Waals surface area contributed by atoms with E-state index in [0.717, 1.165) is 12.1 Å². The van der Waals surface area contributed by atoms with Crippen molar-refractivity contribution in [3.63, 3.8) is 0 Å². The van der Waals surface area contributed by atoms with Crippen molar-refractivity contribution < 1.29 is 18.0 Å². The third-order valence-corrected chi connectivity index (χ3v) is 3.10. The highest BCUT2D eigenvalue weighted by molar-refractivity contribution is 6.03. The molecule has 9 heteroatoms. The topological polar surface area (TPSA) is 90.6 Å². The van der Waals surface area contributed by atoms with Gasteiger partial charge in [-0.25, -0.2) is 5.10 Å². The normalized spacial score (nSPS) is 11.6. The van der Waals surface area contributed by atoms with Crippen LogP contribution in [0.25, 0.3) is 10.9 Å². The number of hydrogen-bond donors (Lipinski definition) is 3. The number of rotatable bonds is 2. The van der Waals surface area contributed by atoms with Crippen molar-refractivity contribution >= 4 is 22.5 Å². The predicted octanol–water partition coefficient (Wildman–Crippen LogP) is 2.52. The maximum absolute atomic E-state index is 12.7. The van der Waals surface area contributed by atoms with Crippen LogP contribution in [0.15, 0.2) is 41.2 Å². The van der Waals surface area contributed by atoms with Gasteiger partial charge in [0, 0.05) is 22.7 Å². The van der Waals surface area contributed by atoms with E-state index in [1.54, 1.807) is 0 Å². The molecule has 3 N–H and O–H groups in total. The van der Waals surface area contributed by atoms with Crippen LogP contribution in [0.5, 0.6) is 0 Å². The predicted molar refractivity (Wildman–Crippen MR) is 76.1 cm³/mol. The van der Waals surface area contributed by atoms with E-state index in [9.17, 15) is 22.8 Å². The first-order valence-electron chi connectivity index (χ1n) is 6.40. The van der Waals surface area contributed by atoms with Gasteiger partial charge in [0.1, 0.15) is 11.4 Å². The highest BCUT2D eigenvalue weighted by atomic mass is 19.4. The standard InChI is InChI=1S/C14H9F3N4O2/c15-14(16,17)11-6-7-5-8(1-2-9(7)19-11)18-13(23)10-3-4-12(22)21-20-10/h1-6,19H,(H,18,23)(H,21,22). The quantitative estimate of drug-likeness (QED) is 0.677. The molecule has 0 fully saturated rings. The van der Waals surface area contributed by atoms with Gasteiger partial charge in [-0.15, -0.1) is 0 Å². The van der Waals surface area contributed by atoms with E-state index in [2.05, 4.69) is 20.5 Å². The maximum atomic E-state index is 12.7. The molecule has 6 nitrogen and oxygen atoms in total. The molecule has 0 atom stereocenters. The molecule has 1 aromatic carbocycles. The van der Waals surface area contributed by atoms with Gasteiger partial charge in [0.2, 0.25) is 0 Å². The molecule has 0 saturated heterocycles. The average molecular weight is 322 g/mol. The summed E-state index contributed by atoms with van der Waals surface area (Å²) in [5, 5.41) is 8.50. The van der Waals surface area contributed by atoms with Gasteiger partial charge in [0.15, 0.2) is 0 Å². The smallest absolute Gasteiger partial charge is 0.351 e. The monoisotopic (exact) mass is 322 g/mol. The summed E-state index contributed by atoms with van der Waals surface area (Å²) in [5.41, 5.74) is -0.719. The molecule has 0 unspecified atom stereocenters. The maximum Gasteiger partial charge on any atom is 0.431 e. The van der Waals surface area contributed by atoms with Gasteiger partial charge in [-0.1, -0.05) is 0 Å². The van der Waals surface area contributed by atoms with Crippen LogP contribution in [0.1, 0.15) is 16.2 Å². The molecule has 2 aromatic heterocycles. The summed E-state index contributed by atoms with van der Waals surface area (Å²) in [6.45, 7) is 0. The fourth-order valence-corrected chi connectivity index (χ4v) is 2.03. The molecule has 3 rings (SSSR count). The molecule has 3 aromatic rings. The van der Waals surface area contributed by atoms with Crippen LogP contribution in [0.3, 0.4) is 0 Å². The minimum atomic E-state index is -4.47. The zero-order valence-corrected chi connectivity index (χ0v) is 11.4. The number of amides is 1. The van der Waals surface area contributed by atoms with Gasteiger partial charge in [-0.05, 0) is 30.3 Å². The zero-order valence-electron chi connectivity index (χ0n) is 11.4. The van der Waals surface area contributed by atoms with E-state index < -0.39 is 23.3 Å². The molecule has 2 heterocycles. The van der Waals surface area contributed by atoms with Crippen molar-refractivity contribution in [2.75, 3.05) is 5.32 Å². The minimum Gasteiger partial charge on any atom is -0.351 e. The number of anilines is 1. The van der Waals surface area contributed by atoms with Crippen LogP contribution >= 0.6 is 0 Å². The highest BCUT2D eigenvalue weighted by Gasteiger charge is 2.32. The van der Waals surface area contributed by atoms with Gasteiger partial charge < -0.3 is 10.3 Å². The largest absolute Gasteiger partial charge is 0.431 e. The summed E-state index contributed by atoms with van der Waals surface area (Å²) in [5.74, 6) is -0.591. The molecule has 0 aliphatic rings. The third-order valence-electron chi connectivity index (χ3n) is 3.10. The molecule has 1 amide bonds. The zero-order chi connectivity index (χ0) is 16.6. The number of aromatic nitrogens is 3. The summed E-state index contributed by atoms with van der Waals surface area (Å²) >= 11 is 0. The van der Waals surface area contributed by atoms with Crippen molar-refractivity contribution in [2.45, 2.75) is 6.18 Å². The first kappa shape index (κ1) is 14.8. The van der Waals surface area contributed by atoms with Gasteiger partial charge in [0.05, 0.1) is 0 Å². The second-order valence-corrected chi connectivity index (χ2v) is 4.74. The number of fused-ring (bicyclic) bond motifs is 1. The molecular formula is C14H9F3N4O2. The molecule has 0 spiro atoms. The van der Waals surface area contributed by atoms with Gasteiger partial charge in [0.25, 0.3) is 11.5 Å². The van der Waals surface area contributed by atoms with E-state index >= 15 is 0 Å². The Hall–Kier alpha value is -3.10. The fraction of sp³-hybridized carbons (Fsp3) is 0.0714. The van der Waals surface area contributed by atoms with E-state index in [1.165, 1.54) is 24.3 Å². The average Bonchev–Trinajstić information content (AvgIpc) is 2.91. The number of hydrogen-bond acceptors (Lipinski definition) is 3. The SMILES string of the molecule is O=C(Nc1ccc2[nH]c(C(F)(F)F)cc2c1)c1ccc(=O)[nH]n1. The number of alkyl halides is 3. The first-order chi connectivity index (χ1) is 10.8. The lowest BCUT2D eigenvalue weighted by Gasteiger charge is -2.04. The molecule has 0 radical (unpaired) electrons. The number of carbonyl (C=O) groups excluding carboxylic acids is 1. The van der Waals surface area contributed by atoms with Crippen LogP contribution < -0.4 is 10.9 Å². The van der Waals surface area contributed by atoms with Crippen molar-refractivity contribution in [1.82, 2.24) is 15.2 Å².